The molecule has 0 radical (unpaired) electrons. The van der Waals surface area contributed by atoms with Crippen molar-refractivity contribution in [2.24, 2.45) is 5.92 Å². The van der Waals surface area contributed by atoms with Gasteiger partial charge in [-0.15, -0.1) is 0 Å². The van der Waals surface area contributed by atoms with Gasteiger partial charge in [0.1, 0.15) is 0 Å². The average molecular weight is 256 g/mol. The van der Waals surface area contributed by atoms with Crippen molar-refractivity contribution in [1.29, 1.82) is 0 Å². The molecule has 1 aromatic carbocycles. The fourth-order valence-corrected chi connectivity index (χ4v) is 2.18. The third-order valence-corrected chi connectivity index (χ3v) is 3.30. The van der Waals surface area contributed by atoms with Crippen LogP contribution in [0.15, 0.2) is 30.3 Å². The summed E-state index contributed by atoms with van der Waals surface area (Å²) in [5, 5.41) is 0. The largest absolute Gasteiger partial charge is 0.441 e. The molecule has 1 rings (SSSR count). The third kappa shape index (κ3) is 3.85. The number of carbonyl (C=O) groups is 1. The minimum absolute atomic E-state index is 0.358. The fraction of sp³-hybridized carbons (Fsp3) is 0.417. The SMILES string of the molecule is CC(C)C(=O)OC(c1ccccc1)S(C)(=O)=O. The lowest BCUT2D eigenvalue weighted by atomic mass is 10.2. The van der Waals surface area contributed by atoms with Gasteiger partial charge < -0.3 is 4.74 Å². The molecule has 0 spiro atoms. The van der Waals surface area contributed by atoms with E-state index in [1.165, 1.54) is 0 Å². The van der Waals surface area contributed by atoms with Crippen LogP contribution in [-0.2, 0) is 19.4 Å². The maximum absolute atomic E-state index is 11.6. The van der Waals surface area contributed by atoms with Crippen molar-refractivity contribution in [2.45, 2.75) is 19.3 Å². The molecule has 0 fully saturated rings. The lowest BCUT2D eigenvalue weighted by Gasteiger charge is -2.17. The van der Waals surface area contributed by atoms with Gasteiger partial charge in [-0.2, -0.15) is 0 Å². The van der Waals surface area contributed by atoms with Crippen LogP contribution in [0.3, 0.4) is 0 Å². The molecule has 94 valence electrons. The number of esters is 1. The number of rotatable bonds is 4. The van der Waals surface area contributed by atoms with E-state index in [-0.39, 0.29) is 5.92 Å². The lowest BCUT2D eigenvalue weighted by Crippen LogP contribution is -2.21. The first-order valence-electron chi connectivity index (χ1n) is 5.26. The quantitative estimate of drug-likeness (QED) is 0.772. The molecule has 0 bridgehead atoms. The van der Waals surface area contributed by atoms with Crippen LogP contribution in [0.1, 0.15) is 24.8 Å². The Balaban J connectivity index is 3.03. The van der Waals surface area contributed by atoms with Crippen molar-refractivity contribution in [2.75, 3.05) is 6.26 Å². The van der Waals surface area contributed by atoms with E-state index in [2.05, 4.69) is 0 Å². The van der Waals surface area contributed by atoms with Crippen molar-refractivity contribution in [1.82, 2.24) is 0 Å². The number of ether oxygens (including phenoxy) is 1. The zero-order valence-electron chi connectivity index (χ0n) is 10.1. The lowest BCUT2D eigenvalue weighted by molar-refractivity contribution is -0.149. The number of benzene rings is 1. The highest BCUT2D eigenvalue weighted by Gasteiger charge is 2.27. The second-order valence-electron chi connectivity index (χ2n) is 4.16. The van der Waals surface area contributed by atoms with Gasteiger partial charge in [0.15, 0.2) is 9.84 Å². The molecule has 4 nitrogen and oxygen atoms in total. The van der Waals surface area contributed by atoms with E-state index in [0.717, 1.165) is 6.26 Å². The number of sulfone groups is 1. The van der Waals surface area contributed by atoms with E-state index in [9.17, 15) is 13.2 Å². The summed E-state index contributed by atoms with van der Waals surface area (Å²) in [6.07, 6.45) is 1.05. The molecular weight excluding hydrogens is 240 g/mol. The average Bonchev–Trinajstić information content (AvgIpc) is 2.25. The van der Waals surface area contributed by atoms with E-state index >= 15 is 0 Å². The standard InChI is InChI=1S/C12H16O4S/c1-9(2)11(13)16-12(17(3,14)15)10-7-5-4-6-8-10/h4-9,12H,1-3H3. The monoisotopic (exact) mass is 256 g/mol. The van der Waals surface area contributed by atoms with Crippen molar-refractivity contribution in [3.63, 3.8) is 0 Å². The van der Waals surface area contributed by atoms with Gasteiger partial charge in [-0.05, 0) is 0 Å². The molecule has 17 heavy (non-hydrogen) atoms. The number of carbonyl (C=O) groups excluding carboxylic acids is 1. The molecule has 0 saturated carbocycles. The summed E-state index contributed by atoms with van der Waals surface area (Å²) in [6, 6.07) is 8.43. The third-order valence-electron chi connectivity index (χ3n) is 2.16. The summed E-state index contributed by atoms with van der Waals surface area (Å²) < 4.78 is 28.3. The van der Waals surface area contributed by atoms with Crippen molar-refractivity contribution >= 4 is 15.8 Å². The molecule has 1 aromatic rings. The number of hydrogen-bond acceptors (Lipinski definition) is 4. The van der Waals surface area contributed by atoms with Gasteiger partial charge in [-0.25, -0.2) is 8.42 Å². The summed E-state index contributed by atoms with van der Waals surface area (Å²) in [4.78, 5) is 11.5. The van der Waals surface area contributed by atoms with Crippen LogP contribution in [0.25, 0.3) is 0 Å². The van der Waals surface area contributed by atoms with E-state index in [1.807, 2.05) is 0 Å². The van der Waals surface area contributed by atoms with E-state index < -0.39 is 21.2 Å². The molecule has 0 aromatic heterocycles. The van der Waals surface area contributed by atoms with Crippen molar-refractivity contribution in [3.05, 3.63) is 35.9 Å². The zero-order valence-corrected chi connectivity index (χ0v) is 10.9. The van der Waals surface area contributed by atoms with E-state index in [1.54, 1.807) is 44.2 Å². The molecular formula is C12H16O4S. The maximum atomic E-state index is 11.6. The predicted octanol–water partition coefficient (Wildman–Crippen LogP) is 1.93. The topological polar surface area (TPSA) is 60.4 Å². The highest BCUT2D eigenvalue weighted by Crippen LogP contribution is 2.24. The first-order valence-corrected chi connectivity index (χ1v) is 7.22. The summed E-state index contributed by atoms with van der Waals surface area (Å²) >= 11 is 0. The Morgan fingerprint density at radius 2 is 1.71 bits per heavy atom. The van der Waals surface area contributed by atoms with Gasteiger partial charge in [0.05, 0.1) is 5.92 Å². The highest BCUT2D eigenvalue weighted by atomic mass is 32.2. The Morgan fingerprint density at radius 3 is 2.12 bits per heavy atom. The molecule has 5 heteroatoms. The van der Waals surface area contributed by atoms with Crippen LogP contribution >= 0.6 is 0 Å². The van der Waals surface area contributed by atoms with E-state index in [0.29, 0.717) is 5.56 Å². The van der Waals surface area contributed by atoms with Gasteiger partial charge in [0.2, 0.25) is 5.44 Å². The molecule has 0 heterocycles. The maximum Gasteiger partial charge on any atom is 0.310 e. The van der Waals surface area contributed by atoms with Crippen LogP contribution in [0, 0.1) is 5.92 Å². The van der Waals surface area contributed by atoms with Gasteiger partial charge in [0.25, 0.3) is 0 Å². The molecule has 1 atom stereocenters. The molecule has 0 N–H and O–H groups in total. The Kier molecular flexibility index (Phi) is 4.28. The second-order valence-corrected chi connectivity index (χ2v) is 6.25. The zero-order chi connectivity index (χ0) is 13.1. The first kappa shape index (κ1) is 13.7. The van der Waals surface area contributed by atoms with Crippen molar-refractivity contribution in [3.8, 4) is 0 Å². The van der Waals surface area contributed by atoms with Gasteiger partial charge in [-0.3, -0.25) is 4.79 Å². The Labute approximate surface area is 102 Å². The number of hydrogen-bond donors (Lipinski definition) is 0. The van der Waals surface area contributed by atoms with Gasteiger partial charge in [0, 0.05) is 11.8 Å². The predicted molar refractivity (Wildman–Crippen MR) is 65.0 cm³/mol. The Morgan fingerprint density at radius 1 is 1.18 bits per heavy atom. The first-order chi connectivity index (χ1) is 7.82. The van der Waals surface area contributed by atoms with Crippen LogP contribution in [0.5, 0.6) is 0 Å². The van der Waals surface area contributed by atoms with Crippen LogP contribution in [0.4, 0.5) is 0 Å². The Bertz CT molecular complexity index is 476. The van der Waals surface area contributed by atoms with Crippen LogP contribution in [-0.4, -0.2) is 20.6 Å². The van der Waals surface area contributed by atoms with Crippen LogP contribution in [0.2, 0.25) is 0 Å². The normalized spacial score (nSPS) is 13.4. The van der Waals surface area contributed by atoms with Gasteiger partial charge in [-0.1, -0.05) is 44.2 Å². The van der Waals surface area contributed by atoms with E-state index in [4.69, 9.17) is 4.74 Å². The molecule has 0 saturated heterocycles. The van der Waals surface area contributed by atoms with Crippen LogP contribution < -0.4 is 0 Å². The Hall–Kier alpha value is -1.36. The smallest absolute Gasteiger partial charge is 0.310 e. The highest BCUT2D eigenvalue weighted by molar-refractivity contribution is 7.90. The summed E-state index contributed by atoms with van der Waals surface area (Å²) in [5.41, 5.74) is -0.761. The minimum atomic E-state index is -3.49. The molecule has 0 aliphatic heterocycles. The summed E-state index contributed by atoms with van der Waals surface area (Å²) in [7, 11) is -3.49. The minimum Gasteiger partial charge on any atom is -0.441 e. The fourth-order valence-electron chi connectivity index (χ4n) is 1.25. The summed E-state index contributed by atoms with van der Waals surface area (Å²) in [6.45, 7) is 3.32. The molecule has 0 aliphatic carbocycles. The second kappa shape index (κ2) is 5.31. The molecule has 0 aliphatic rings. The van der Waals surface area contributed by atoms with Crippen molar-refractivity contribution < 1.29 is 17.9 Å². The molecule has 0 amide bonds. The summed E-state index contributed by atoms with van der Waals surface area (Å²) in [5.74, 6) is -0.882. The molecule has 1 unspecified atom stereocenters. The van der Waals surface area contributed by atoms with Gasteiger partial charge >= 0.3 is 5.97 Å².